The normalized spacial score (nSPS) is 13.4. The van der Waals surface area contributed by atoms with Crippen LogP contribution >= 0.6 is 0 Å². The third-order valence-electron chi connectivity index (χ3n) is 3.48. The zero-order chi connectivity index (χ0) is 15.7. The molecule has 0 bridgehead atoms. The van der Waals surface area contributed by atoms with Gasteiger partial charge in [-0.3, -0.25) is 4.79 Å². The summed E-state index contributed by atoms with van der Waals surface area (Å²) in [6, 6.07) is 8.69. The summed E-state index contributed by atoms with van der Waals surface area (Å²) in [6.07, 6.45) is 3.07. The van der Waals surface area contributed by atoms with Crippen LogP contribution in [0.1, 0.15) is 56.3 Å². The second kappa shape index (κ2) is 9.16. The quantitative estimate of drug-likeness (QED) is 0.701. The third-order valence-corrected chi connectivity index (χ3v) is 3.48. The van der Waals surface area contributed by atoms with Gasteiger partial charge in [0.05, 0.1) is 11.5 Å². The molecule has 0 saturated heterocycles. The van der Waals surface area contributed by atoms with Crippen LogP contribution in [0.4, 0.5) is 0 Å². The zero-order valence-corrected chi connectivity index (χ0v) is 12.7. The van der Waals surface area contributed by atoms with Crippen molar-refractivity contribution in [3.05, 3.63) is 35.9 Å². The predicted molar refractivity (Wildman–Crippen MR) is 81.2 cm³/mol. The highest BCUT2D eigenvalue weighted by atomic mass is 16.5. The molecule has 2 atom stereocenters. The van der Waals surface area contributed by atoms with E-state index in [0.717, 1.165) is 19.3 Å². The van der Waals surface area contributed by atoms with Crippen molar-refractivity contribution in [2.45, 2.75) is 52.1 Å². The molecule has 1 aromatic carbocycles. The first-order chi connectivity index (χ1) is 10.1. The average Bonchev–Trinajstić information content (AvgIpc) is 2.48. The maximum Gasteiger partial charge on any atom is 0.338 e. The van der Waals surface area contributed by atoms with Gasteiger partial charge in [0.15, 0.2) is 0 Å². The van der Waals surface area contributed by atoms with Gasteiger partial charge in [-0.25, -0.2) is 4.79 Å². The fourth-order valence-corrected chi connectivity index (χ4v) is 2.30. The number of carbonyl (C=O) groups excluding carboxylic acids is 1. The van der Waals surface area contributed by atoms with Gasteiger partial charge in [0.2, 0.25) is 0 Å². The average molecular weight is 292 g/mol. The maximum absolute atomic E-state index is 12.1. The van der Waals surface area contributed by atoms with Gasteiger partial charge in [-0.2, -0.15) is 0 Å². The Bertz CT molecular complexity index is 441. The van der Waals surface area contributed by atoms with Crippen LogP contribution in [-0.4, -0.2) is 23.1 Å². The number of unbranched alkanes of at least 4 members (excludes halogenated alkanes) is 1. The molecule has 0 heterocycles. The molecule has 0 radical (unpaired) electrons. The van der Waals surface area contributed by atoms with Crippen molar-refractivity contribution in [3.63, 3.8) is 0 Å². The first-order valence-corrected chi connectivity index (χ1v) is 7.59. The smallest absolute Gasteiger partial charge is 0.338 e. The Balaban J connectivity index is 2.79. The molecule has 0 aliphatic carbocycles. The number of benzene rings is 1. The monoisotopic (exact) mass is 292 g/mol. The maximum atomic E-state index is 12.1. The molecule has 1 rings (SSSR count). The minimum atomic E-state index is -0.886. The summed E-state index contributed by atoms with van der Waals surface area (Å²) in [5.41, 5.74) is 0.457. The molecule has 1 N–H and O–H groups in total. The van der Waals surface area contributed by atoms with Crippen molar-refractivity contribution in [3.8, 4) is 0 Å². The van der Waals surface area contributed by atoms with Gasteiger partial charge in [-0.05, 0) is 25.0 Å². The van der Waals surface area contributed by atoms with Crippen LogP contribution in [0, 0.1) is 5.92 Å². The van der Waals surface area contributed by atoms with Gasteiger partial charge in [0.25, 0.3) is 0 Å². The van der Waals surface area contributed by atoms with Gasteiger partial charge in [0.1, 0.15) is 6.10 Å². The summed E-state index contributed by atoms with van der Waals surface area (Å²) in [6.45, 7) is 3.98. The number of hydrogen-bond donors (Lipinski definition) is 1. The van der Waals surface area contributed by atoms with Crippen molar-refractivity contribution in [2.24, 2.45) is 5.92 Å². The lowest BCUT2D eigenvalue weighted by Crippen LogP contribution is -2.32. The van der Waals surface area contributed by atoms with E-state index in [1.165, 1.54) is 0 Å². The fraction of sp³-hybridized carbons (Fsp3) is 0.529. The first kappa shape index (κ1) is 17.2. The molecule has 1 aromatic rings. The highest BCUT2D eigenvalue weighted by Gasteiger charge is 2.30. The van der Waals surface area contributed by atoms with Crippen LogP contribution in [0.15, 0.2) is 30.3 Å². The van der Waals surface area contributed by atoms with E-state index in [1.807, 2.05) is 19.9 Å². The number of hydrogen-bond acceptors (Lipinski definition) is 3. The van der Waals surface area contributed by atoms with E-state index in [2.05, 4.69) is 0 Å². The predicted octanol–water partition coefficient (Wildman–Crippen LogP) is 3.90. The number of carboxylic acid groups (broad SMARTS) is 1. The summed E-state index contributed by atoms with van der Waals surface area (Å²) < 4.78 is 5.48. The highest BCUT2D eigenvalue weighted by Crippen LogP contribution is 2.22. The molecular formula is C17H24O4. The number of carboxylic acids is 1. The van der Waals surface area contributed by atoms with Crippen molar-refractivity contribution >= 4 is 11.9 Å². The van der Waals surface area contributed by atoms with Gasteiger partial charge < -0.3 is 9.84 Å². The first-order valence-electron chi connectivity index (χ1n) is 7.59. The van der Waals surface area contributed by atoms with E-state index < -0.39 is 24.0 Å². The number of aliphatic carboxylic acids is 1. The van der Waals surface area contributed by atoms with Crippen molar-refractivity contribution < 1.29 is 19.4 Å². The Hall–Kier alpha value is -1.84. The van der Waals surface area contributed by atoms with E-state index in [0.29, 0.717) is 18.4 Å². The Morgan fingerprint density at radius 1 is 1.10 bits per heavy atom. The SMILES string of the molecule is CCCCC(C(=O)O)C(CCC)OC(=O)c1ccccc1. The number of rotatable bonds is 9. The number of esters is 1. The topological polar surface area (TPSA) is 63.6 Å². The zero-order valence-electron chi connectivity index (χ0n) is 12.7. The van der Waals surface area contributed by atoms with E-state index in [4.69, 9.17) is 4.74 Å². The Morgan fingerprint density at radius 3 is 2.29 bits per heavy atom. The molecule has 0 aromatic heterocycles. The lowest BCUT2D eigenvalue weighted by atomic mass is 9.93. The van der Waals surface area contributed by atoms with Crippen LogP contribution < -0.4 is 0 Å². The standard InChI is InChI=1S/C17H24O4/c1-3-5-12-14(16(18)19)15(9-4-2)21-17(20)13-10-7-6-8-11-13/h6-8,10-11,14-15H,3-5,9,12H2,1-2H3,(H,18,19). The van der Waals surface area contributed by atoms with E-state index in [-0.39, 0.29) is 0 Å². The molecule has 116 valence electrons. The molecule has 4 nitrogen and oxygen atoms in total. The Labute approximate surface area is 126 Å². The third kappa shape index (κ3) is 5.58. The number of carbonyl (C=O) groups is 2. The lowest BCUT2D eigenvalue weighted by Gasteiger charge is -2.24. The second-order valence-corrected chi connectivity index (χ2v) is 5.19. The van der Waals surface area contributed by atoms with Crippen LogP contribution in [-0.2, 0) is 9.53 Å². The van der Waals surface area contributed by atoms with Crippen molar-refractivity contribution in [2.75, 3.05) is 0 Å². The van der Waals surface area contributed by atoms with Gasteiger partial charge >= 0.3 is 11.9 Å². The van der Waals surface area contributed by atoms with Crippen LogP contribution in [0.5, 0.6) is 0 Å². The van der Waals surface area contributed by atoms with Crippen molar-refractivity contribution in [1.29, 1.82) is 0 Å². The van der Waals surface area contributed by atoms with Gasteiger partial charge in [0, 0.05) is 0 Å². The summed E-state index contributed by atoms with van der Waals surface area (Å²) in [7, 11) is 0. The molecule has 0 aliphatic rings. The highest BCUT2D eigenvalue weighted by molar-refractivity contribution is 5.89. The molecule has 0 saturated carbocycles. The van der Waals surface area contributed by atoms with Gasteiger partial charge in [-0.1, -0.05) is 51.3 Å². The minimum absolute atomic E-state index is 0.447. The molecule has 0 spiro atoms. The van der Waals surface area contributed by atoms with Crippen LogP contribution in [0.2, 0.25) is 0 Å². The minimum Gasteiger partial charge on any atom is -0.481 e. The van der Waals surface area contributed by atoms with Crippen molar-refractivity contribution in [1.82, 2.24) is 0 Å². The second-order valence-electron chi connectivity index (χ2n) is 5.19. The molecule has 2 unspecified atom stereocenters. The van der Waals surface area contributed by atoms with E-state index in [1.54, 1.807) is 24.3 Å². The summed E-state index contributed by atoms with van der Waals surface area (Å²) >= 11 is 0. The molecular weight excluding hydrogens is 268 g/mol. The summed E-state index contributed by atoms with van der Waals surface area (Å²) in [5, 5.41) is 9.39. The molecule has 21 heavy (non-hydrogen) atoms. The largest absolute Gasteiger partial charge is 0.481 e. The summed E-state index contributed by atoms with van der Waals surface area (Å²) in [4.78, 5) is 23.6. The number of ether oxygens (including phenoxy) is 1. The Morgan fingerprint density at radius 2 is 1.76 bits per heavy atom. The fourth-order valence-electron chi connectivity index (χ4n) is 2.30. The molecule has 4 heteroatoms. The van der Waals surface area contributed by atoms with E-state index in [9.17, 15) is 14.7 Å². The lowest BCUT2D eigenvalue weighted by molar-refractivity contribution is -0.146. The van der Waals surface area contributed by atoms with E-state index >= 15 is 0 Å². The molecule has 0 amide bonds. The van der Waals surface area contributed by atoms with Crippen LogP contribution in [0.25, 0.3) is 0 Å². The molecule has 0 fully saturated rings. The van der Waals surface area contributed by atoms with Crippen LogP contribution in [0.3, 0.4) is 0 Å². The summed E-state index contributed by atoms with van der Waals surface area (Å²) in [5.74, 6) is -1.96. The van der Waals surface area contributed by atoms with Gasteiger partial charge in [-0.15, -0.1) is 0 Å². The molecule has 0 aliphatic heterocycles. The Kier molecular flexibility index (Phi) is 7.51.